The van der Waals surface area contributed by atoms with Crippen molar-refractivity contribution in [2.45, 2.75) is 26.9 Å². The molecule has 1 rings (SSSR count). The van der Waals surface area contributed by atoms with Crippen LogP contribution in [0.5, 0.6) is 0 Å². The van der Waals surface area contributed by atoms with Gasteiger partial charge in [0.1, 0.15) is 6.54 Å². The molecule has 0 spiro atoms. The van der Waals surface area contributed by atoms with Crippen molar-refractivity contribution in [1.29, 1.82) is 0 Å². The van der Waals surface area contributed by atoms with Crippen LogP contribution in [-0.2, 0) is 0 Å². The quantitative estimate of drug-likeness (QED) is 0.891. The van der Waals surface area contributed by atoms with E-state index in [1.165, 1.54) is 6.92 Å². The van der Waals surface area contributed by atoms with Crippen LogP contribution in [0.2, 0.25) is 0 Å². The summed E-state index contributed by atoms with van der Waals surface area (Å²) in [4.78, 5) is 12.7. The third-order valence-electron chi connectivity index (χ3n) is 2.38. The summed E-state index contributed by atoms with van der Waals surface area (Å²) in [6, 6.07) is 0. The molecule has 1 amide bonds. The van der Waals surface area contributed by atoms with Gasteiger partial charge < -0.3 is 4.90 Å². The van der Waals surface area contributed by atoms with Crippen molar-refractivity contribution in [2.75, 3.05) is 13.1 Å². The SMILES string of the molecule is CCN(CC(F)(F)F)C(=O)c1c(C)n[nH]c1C. The lowest BCUT2D eigenvalue weighted by atomic mass is 10.1. The number of aromatic nitrogens is 2. The first kappa shape index (κ1) is 13.5. The van der Waals surface area contributed by atoms with Crippen LogP contribution in [0.15, 0.2) is 0 Å². The van der Waals surface area contributed by atoms with Crippen molar-refractivity contribution in [1.82, 2.24) is 15.1 Å². The molecule has 0 atom stereocenters. The van der Waals surface area contributed by atoms with E-state index in [0.717, 1.165) is 4.90 Å². The molecule has 0 unspecified atom stereocenters. The highest BCUT2D eigenvalue weighted by Crippen LogP contribution is 2.19. The van der Waals surface area contributed by atoms with E-state index >= 15 is 0 Å². The number of hydrogen-bond acceptors (Lipinski definition) is 2. The molecule has 0 saturated heterocycles. The normalized spacial score (nSPS) is 11.6. The minimum atomic E-state index is -4.39. The van der Waals surface area contributed by atoms with Crippen LogP contribution in [0.3, 0.4) is 0 Å². The highest BCUT2D eigenvalue weighted by atomic mass is 19.4. The summed E-state index contributed by atoms with van der Waals surface area (Å²) >= 11 is 0. The molecule has 0 radical (unpaired) electrons. The second kappa shape index (κ2) is 4.77. The van der Waals surface area contributed by atoms with E-state index in [1.54, 1.807) is 13.8 Å². The Morgan fingerprint density at radius 3 is 2.35 bits per heavy atom. The largest absolute Gasteiger partial charge is 0.406 e. The van der Waals surface area contributed by atoms with Crippen LogP contribution in [0.25, 0.3) is 0 Å². The molecule has 1 aromatic rings. The zero-order chi connectivity index (χ0) is 13.2. The standard InChI is InChI=1S/C10H14F3N3O/c1-4-16(5-10(11,12)13)9(17)8-6(2)14-15-7(8)3/h4-5H2,1-3H3,(H,14,15). The van der Waals surface area contributed by atoms with Gasteiger partial charge in [-0.15, -0.1) is 0 Å². The number of aromatic amines is 1. The van der Waals surface area contributed by atoms with Gasteiger partial charge in [0.25, 0.3) is 5.91 Å². The third kappa shape index (κ3) is 3.21. The smallest absolute Gasteiger partial charge is 0.330 e. The summed E-state index contributed by atoms with van der Waals surface area (Å²) in [6.45, 7) is 3.45. The molecule has 1 aromatic heterocycles. The van der Waals surface area contributed by atoms with Crippen molar-refractivity contribution in [3.63, 3.8) is 0 Å². The fourth-order valence-electron chi connectivity index (χ4n) is 1.57. The second-order valence-corrected chi connectivity index (χ2v) is 3.74. The first-order valence-electron chi connectivity index (χ1n) is 5.14. The number of H-pyrrole nitrogens is 1. The number of halogens is 3. The maximum absolute atomic E-state index is 12.3. The summed E-state index contributed by atoms with van der Waals surface area (Å²) in [7, 11) is 0. The van der Waals surface area contributed by atoms with E-state index in [-0.39, 0.29) is 12.1 Å². The van der Waals surface area contributed by atoms with Gasteiger partial charge in [0.2, 0.25) is 0 Å². The lowest BCUT2D eigenvalue weighted by Gasteiger charge is -2.22. The molecular formula is C10H14F3N3O. The Labute approximate surface area is 96.8 Å². The number of nitrogens with one attached hydrogen (secondary N) is 1. The fourth-order valence-corrected chi connectivity index (χ4v) is 1.57. The van der Waals surface area contributed by atoms with E-state index in [1.807, 2.05) is 0 Å². The van der Waals surface area contributed by atoms with Gasteiger partial charge >= 0.3 is 6.18 Å². The van der Waals surface area contributed by atoms with Gasteiger partial charge in [0.05, 0.1) is 11.3 Å². The van der Waals surface area contributed by atoms with Crippen LogP contribution in [-0.4, -0.2) is 40.3 Å². The van der Waals surface area contributed by atoms with Crippen LogP contribution >= 0.6 is 0 Å². The number of alkyl halides is 3. The Morgan fingerprint density at radius 2 is 2.00 bits per heavy atom. The predicted octanol–water partition coefficient (Wildman–Crippen LogP) is 2.05. The van der Waals surface area contributed by atoms with E-state index in [2.05, 4.69) is 10.2 Å². The van der Waals surface area contributed by atoms with Crippen molar-refractivity contribution < 1.29 is 18.0 Å². The zero-order valence-electron chi connectivity index (χ0n) is 9.85. The third-order valence-corrected chi connectivity index (χ3v) is 2.38. The number of carbonyl (C=O) groups is 1. The van der Waals surface area contributed by atoms with Crippen LogP contribution < -0.4 is 0 Å². The summed E-state index contributed by atoms with van der Waals surface area (Å²) < 4.78 is 36.8. The first-order chi connectivity index (χ1) is 7.76. The maximum atomic E-state index is 12.3. The molecular weight excluding hydrogens is 235 g/mol. The first-order valence-corrected chi connectivity index (χ1v) is 5.14. The van der Waals surface area contributed by atoms with Crippen molar-refractivity contribution >= 4 is 5.91 Å². The average molecular weight is 249 g/mol. The fraction of sp³-hybridized carbons (Fsp3) is 0.600. The Hall–Kier alpha value is -1.53. The molecule has 1 heterocycles. The topological polar surface area (TPSA) is 49.0 Å². The lowest BCUT2D eigenvalue weighted by molar-refractivity contribution is -0.140. The molecule has 0 bridgehead atoms. The summed E-state index contributed by atoms with van der Waals surface area (Å²) in [5, 5.41) is 6.38. The number of hydrogen-bond donors (Lipinski definition) is 1. The van der Waals surface area contributed by atoms with E-state index < -0.39 is 18.6 Å². The van der Waals surface area contributed by atoms with Gasteiger partial charge in [-0.2, -0.15) is 18.3 Å². The van der Waals surface area contributed by atoms with Gasteiger partial charge in [-0.25, -0.2) is 0 Å². The molecule has 1 N–H and O–H groups in total. The van der Waals surface area contributed by atoms with E-state index in [0.29, 0.717) is 11.4 Å². The van der Waals surface area contributed by atoms with Crippen molar-refractivity contribution in [3.05, 3.63) is 17.0 Å². The molecule has 0 fully saturated rings. The molecule has 0 aliphatic heterocycles. The minimum Gasteiger partial charge on any atom is -0.330 e. The highest BCUT2D eigenvalue weighted by molar-refractivity contribution is 5.96. The molecule has 0 aliphatic carbocycles. The Kier molecular flexibility index (Phi) is 3.79. The van der Waals surface area contributed by atoms with Crippen LogP contribution in [0, 0.1) is 13.8 Å². The molecule has 0 saturated carbocycles. The molecule has 4 nitrogen and oxygen atoms in total. The van der Waals surface area contributed by atoms with Crippen LogP contribution in [0.4, 0.5) is 13.2 Å². The monoisotopic (exact) mass is 249 g/mol. The lowest BCUT2D eigenvalue weighted by Crippen LogP contribution is -2.39. The average Bonchev–Trinajstić information content (AvgIpc) is 2.53. The highest BCUT2D eigenvalue weighted by Gasteiger charge is 2.33. The Balaban J connectivity index is 2.95. The van der Waals surface area contributed by atoms with Gasteiger partial charge in [0, 0.05) is 12.2 Å². The number of rotatable bonds is 3. The number of aryl methyl sites for hydroxylation is 2. The Morgan fingerprint density at radius 1 is 1.41 bits per heavy atom. The molecule has 0 aliphatic rings. The number of nitrogens with zero attached hydrogens (tertiary/aromatic N) is 2. The molecule has 0 aromatic carbocycles. The Bertz CT molecular complexity index is 392. The zero-order valence-corrected chi connectivity index (χ0v) is 9.85. The molecule has 17 heavy (non-hydrogen) atoms. The van der Waals surface area contributed by atoms with Gasteiger partial charge in [-0.05, 0) is 20.8 Å². The van der Waals surface area contributed by atoms with Gasteiger partial charge in [0.15, 0.2) is 0 Å². The van der Waals surface area contributed by atoms with Gasteiger partial charge in [-0.1, -0.05) is 0 Å². The predicted molar refractivity (Wildman–Crippen MR) is 55.7 cm³/mol. The summed E-state index contributed by atoms with van der Waals surface area (Å²) in [5.41, 5.74) is 1.11. The van der Waals surface area contributed by atoms with Crippen LogP contribution in [0.1, 0.15) is 28.7 Å². The second-order valence-electron chi connectivity index (χ2n) is 3.74. The molecule has 7 heteroatoms. The molecule has 96 valence electrons. The summed E-state index contributed by atoms with van der Waals surface area (Å²) in [5.74, 6) is -0.645. The minimum absolute atomic E-state index is 0.00238. The van der Waals surface area contributed by atoms with E-state index in [4.69, 9.17) is 0 Å². The van der Waals surface area contributed by atoms with Crippen molar-refractivity contribution in [3.8, 4) is 0 Å². The summed E-state index contributed by atoms with van der Waals surface area (Å²) in [6.07, 6.45) is -4.39. The van der Waals surface area contributed by atoms with Gasteiger partial charge in [-0.3, -0.25) is 9.89 Å². The number of amides is 1. The van der Waals surface area contributed by atoms with E-state index in [9.17, 15) is 18.0 Å². The van der Waals surface area contributed by atoms with Crippen molar-refractivity contribution in [2.24, 2.45) is 0 Å². The number of carbonyl (C=O) groups excluding carboxylic acids is 1. The maximum Gasteiger partial charge on any atom is 0.406 e.